The zero-order valence-corrected chi connectivity index (χ0v) is 13.1. The van der Waals surface area contributed by atoms with Gasteiger partial charge in [-0.05, 0) is 48.9 Å². The van der Waals surface area contributed by atoms with Crippen LogP contribution in [-0.2, 0) is 9.59 Å². The summed E-state index contributed by atoms with van der Waals surface area (Å²) in [5.74, 6) is -0.349. The van der Waals surface area contributed by atoms with Crippen LogP contribution in [0.15, 0.2) is 18.2 Å². The van der Waals surface area contributed by atoms with Gasteiger partial charge in [-0.15, -0.1) is 0 Å². The lowest BCUT2D eigenvalue weighted by molar-refractivity contribution is -0.139. The molecule has 1 spiro atoms. The van der Waals surface area contributed by atoms with Crippen LogP contribution in [0.25, 0.3) is 0 Å². The molecular weight excluding hydrogens is 296 g/mol. The number of carbonyl (C=O) groups is 3. The van der Waals surface area contributed by atoms with Gasteiger partial charge in [0.1, 0.15) is 5.75 Å². The van der Waals surface area contributed by atoms with E-state index < -0.39 is 0 Å². The number of carbonyl (C=O) groups excluding carboxylic acids is 3. The second kappa shape index (κ2) is 5.68. The van der Waals surface area contributed by atoms with Crippen LogP contribution in [0.5, 0.6) is 5.75 Å². The molecule has 2 fully saturated rings. The average molecular weight is 316 g/mol. The Kier molecular flexibility index (Phi) is 3.83. The first-order valence-corrected chi connectivity index (χ1v) is 7.80. The summed E-state index contributed by atoms with van der Waals surface area (Å²) in [5, 5.41) is 11.8. The van der Waals surface area contributed by atoms with Gasteiger partial charge in [0, 0.05) is 31.5 Å². The normalized spacial score (nSPS) is 20.5. The fourth-order valence-electron chi connectivity index (χ4n) is 3.58. The number of imide groups is 1. The highest BCUT2D eigenvalue weighted by atomic mass is 16.3. The van der Waals surface area contributed by atoms with Gasteiger partial charge in [-0.1, -0.05) is 0 Å². The predicted octanol–water partition coefficient (Wildman–Crippen LogP) is 1.36. The fourth-order valence-corrected chi connectivity index (χ4v) is 3.58. The minimum absolute atomic E-state index is 0.0658. The summed E-state index contributed by atoms with van der Waals surface area (Å²) >= 11 is 0. The van der Waals surface area contributed by atoms with Gasteiger partial charge in [-0.25, -0.2) is 0 Å². The van der Waals surface area contributed by atoms with Crippen molar-refractivity contribution in [1.82, 2.24) is 10.2 Å². The van der Waals surface area contributed by atoms with Gasteiger partial charge in [-0.3, -0.25) is 19.7 Å². The van der Waals surface area contributed by atoms with Crippen molar-refractivity contribution < 1.29 is 19.5 Å². The quantitative estimate of drug-likeness (QED) is 0.766. The Morgan fingerprint density at radius 3 is 2.35 bits per heavy atom. The second-order valence-electron chi connectivity index (χ2n) is 6.62. The Bertz CT molecular complexity index is 657. The molecule has 0 bridgehead atoms. The molecule has 6 heteroatoms. The lowest BCUT2D eigenvalue weighted by Crippen LogP contribution is -2.50. The summed E-state index contributed by atoms with van der Waals surface area (Å²) in [6.07, 6.45) is 2.04. The van der Waals surface area contributed by atoms with Gasteiger partial charge in [0.15, 0.2) is 0 Å². The molecule has 0 aromatic heterocycles. The van der Waals surface area contributed by atoms with Gasteiger partial charge in [-0.2, -0.15) is 0 Å². The Hall–Kier alpha value is -2.37. The van der Waals surface area contributed by atoms with Gasteiger partial charge in [0.25, 0.3) is 5.91 Å². The lowest BCUT2D eigenvalue weighted by Gasteiger charge is -2.43. The number of phenols is 1. The molecule has 0 saturated carbocycles. The highest BCUT2D eigenvalue weighted by Crippen LogP contribution is 2.40. The molecule has 3 amide bonds. The van der Waals surface area contributed by atoms with Crippen LogP contribution in [-0.4, -0.2) is 40.8 Å². The Labute approximate surface area is 134 Å². The van der Waals surface area contributed by atoms with Crippen molar-refractivity contribution in [1.29, 1.82) is 0 Å². The van der Waals surface area contributed by atoms with Crippen LogP contribution in [0.2, 0.25) is 0 Å². The maximum absolute atomic E-state index is 12.6. The number of rotatable bonds is 1. The van der Waals surface area contributed by atoms with E-state index in [1.807, 2.05) is 0 Å². The topological polar surface area (TPSA) is 86.7 Å². The molecule has 1 aromatic carbocycles. The van der Waals surface area contributed by atoms with E-state index in [-0.39, 0.29) is 28.9 Å². The van der Waals surface area contributed by atoms with Crippen LogP contribution in [0.4, 0.5) is 0 Å². The van der Waals surface area contributed by atoms with E-state index >= 15 is 0 Å². The monoisotopic (exact) mass is 316 g/mol. The van der Waals surface area contributed by atoms with Crippen molar-refractivity contribution in [2.24, 2.45) is 5.41 Å². The molecule has 0 radical (unpaired) electrons. The summed E-state index contributed by atoms with van der Waals surface area (Å²) in [5.41, 5.74) is 1.03. The Balaban J connectivity index is 1.70. The Morgan fingerprint density at radius 1 is 1.17 bits per heavy atom. The smallest absolute Gasteiger partial charge is 0.254 e. The third kappa shape index (κ3) is 3.06. The summed E-state index contributed by atoms with van der Waals surface area (Å²) in [4.78, 5) is 37.6. The van der Waals surface area contributed by atoms with E-state index in [1.54, 1.807) is 24.0 Å². The number of benzene rings is 1. The number of piperidine rings is 2. The molecule has 122 valence electrons. The standard InChI is InChI=1S/C17H20N2O4/c1-11-8-12(20)2-3-13(11)16(23)19-6-4-17(5-7-19)9-14(21)18-15(22)10-17/h2-3,8,20H,4-7,9-10H2,1H3,(H,18,21,22). The molecule has 2 heterocycles. The summed E-state index contributed by atoms with van der Waals surface area (Å²) in [6.45, 7) is 2.88. The van der Waals surface area contributed by atoms with Crippen LogP contribution in [0.3, 0.4) is 0 Å². The molecule has 2 aliphatic rings. The van der Waals surface area contributed by atoms with Crippen molar-refractivity contribution in [3.8, 4) is 5.75 Å². The zero-order chi connectivity index (χ0) is 16.6. The molecule has 0 atom stereocenters. The van der Waals surface area contributed by atoms with E-state index in [9.17, 15) is 19.5 Å². The minimum atomic E-state index is -0.291. The van der Waals surface area contributed by atoms with E-state index in [2.05, 4.69) is 5.32 Å². The van der Waals surface area contributed by atoms with Gasteiger partial charge >= 0.3 is 0 Å². The molecule has 3 rings (SSSR count). The van der Waals surface area contributed by atoms with Crippen molar-refractivity contribution in [3.05, 3.63) is 29.3 Å². The first kappa shape index (κ1) is 15.5. The summed E-state index contributed by atoms with van der Waals surface area (Å²) < 4.78 is 0. The van der Waals surface area contributed by atoms with E-state index in [4.69, 9.17) is 0 Å². The van der Waals surface area contributed by atoms with Gasteiger partial charge in [0.05, 0.1) is 0 Å². The summed E-state index contributed by atoms with van der Waals surface area (Å²) in [7, 11) is 0. The average Bonchev–Trinajstić information content (AvgIpc) is 2.46. The number of aromatic hydroxyl groups is 1. The van der Waals surface area contributed by atoms with Crippen molar-refractivity contribution in [2.45, 2.75) is 32.6 Å². The molecule has 1 aromatic rings. The van der Waals surface area contributed by atoms with E-state index in [1.165, 1.54) is 6.07 Å². The lowest BCUT2D eigenvalue weighted by atomic mass is 9.71. The van der Waals surface area contributed by atoms with Crippen LogP contribution >= 0.6 is 0 Å². The minimum Gasteiger partial charge on any atom is -0.508 e. The van der Waals surface area contributed by atoms with Crippen LogP contribution in [0.1, 0.15) is 41.6 Å². The SMILES string of the molecule is Cc1cc(O)ccc1C(=O)N1CCC2(CC1)CC(=O)NC(=O)C2. The predicted molar refractivity (Wildman–Crippen MR) is 82.8 cm³/mol. The third-order valence-corrected chi connectivity index (χ3v) is 4.90. The zero-order valence-electron chi connectivity index (χ0n) is 13.1. The second-order valence-corrected chi connectivity index (χ2v) is 6.62. The van der Waals surface area contributed by atoms with E-state index in [0.29, 0.717) is 44.3 Å². The number of amides is 3. The number of likely N-dealkylation sites (tertiary alicyclic amines) is 1. The maximum Gasteiger partial charge on any atom is 0.254 e. The fraction of sp³-hybridized carbons (Fsp3) is 0.471. The molecule has 2 saturated heterocycles. The highest BCUT2D eigenvalue weighted by Gasteiger charge is 2.42. The van der Waals surface area contributed by atoms with Crippen LogP contribution < -0.4 is 5.32 Å². The van der Waals surface area contributed by atoms with Crippen molar-refractivity contribution in [2.75, 3.05) is 13.1 Å². The molecular formula is C17H20N2O4. The van der Waals surface area contributed by atoms with Gasteiger partial charge < -0.3 is 10.0 Å². The maximum atomic E-state index is 12.6. The number of nitrogens with one attached hydrogen (secondary N) is 1. The number of hydrogen-bond donors (Lipinski definition) is 2. The third-order valence-electron chi connectivity index (χ3n) is 4.90. The first-order chi connectivity index (χ1) is 10.9. The van der Waals surface area contributed by atoms with E-state index in [0.717, 1.165) is 5.56 Å². The molecule has 23 heavy (non-hydrogen) atoms. The van der Waals surface area contributed by atoms with Crippen molar-refractivity contribution >= 4 is 17.7 Å². The largest absolute Gasteiger partial charge is 0.508 e. The number of aryl methyl sites for hydroxylation is 1. The Morgan fingerprint density at radius 2 is 1.78 bits per heavy atom. The van der Waals surface area contributed by atoms with Crippen LogP contribution in [0, 0.1) is 12.3 Å². The highest BCUT2D eigenvalue weighted by molar-refractivity contribution is 5.98. The summed E-state index contributed by atoms with van der Waals surface area (Å²) in [6, 6.07) is 4.72. The van der Waals surface area contributed by atoms with Gasteiger partial charge in [0.2, 0.25) is 11.8 Å². The molecule has 0 aliphatic carbocycles. The molecule has 2 N–H and O–H groups in total. The molecule has 6 nitrogen and oxygen atoms in total. The number of hydrogen-bond acceptors (Lipinski definition) is 4. The molecule has 2 aliphatic heterocycles. The molecule has 0 unspecified atom stereocenters. The number of nitrogens with zero attached hydrogens (tertiary/aromatic N) is 1. The number of phenolic OH excluding ortho intramolecular Hbond substituents is 1. The first-order valence-electron chi connectivity index (χ1n) is 7.80. The van der Waals surface area contributed by atoms with Crippen molar-refractivity contribution in [3.63, 3.8) is 0 Å².